The van der Waals surface area contributed by atoms with E-state index in [2.05, 4.69) is 21.0 Å². The van der Waals surface area contributed by atoms with Crippen LogP contribution in [0.3, 0.4) is 0 Å². The van der Waals surface area contributed by atoms with E-state index in [1.165, 1.54) is 10.9 Å². The van der Waals surface area contributed by atoms with Gasteiger partial charge in [0.2, 0.25) is 0 Å². The summed E-state index contributed by atoms with van der Waals surface area (Å²) in [4.78, 5) is 21.5. The maximum Gasteiger partial charge on any atom is 0.357 e. The third-order valence-electron chi connectivity index (χ3n) is 2.16. The molecule has 0 fully saturated rings. The largest absolute Gasteiger partial charge is 0.476 e. The number of aldehydes is 1. The van der Waals surface area contributed by atoms with Crippen molar-refractivity contribution >= 4 is 28.2 Å². The SMILES string of the molecule is O=Cc1cn(-c2ccc(Br)cc2)nc1C(=O)O. The summed E-state index contributed by atoms with van der Waals surface area (Å²) in [7, 11) is 0. The lowest BCUT2D eigenvalue weighted by molar-refractivity contribution is 0.0687. The first-order valence-electron chi connectivity index (χ1n) is 4.66. The lowest BCUT2D eigenvalue weighted by Gasteiger charge is -2.00. The smallest absolute Gasteiger partial charge is 0.357 e. The maximum atomic E-state index is 10.8. The molecule has 0 aliphatic carbocycles. The summed E-state index contributed by atoms with van der Waals surface area (Å²) in [5.41, 5.74) is 0.493. The number of carboxylic acids is 1. The second kappa shape index (κ2) is 4.50. The van der Waals surface area contributed by atoms with Gasteiger partial charge in [-0.2, -0.15) is 5.10 Å². The van der Waals surface area contributed by atoms with Gasteiger partial charge in [0.1, 0.15) is 0 Å². The number of hydrogen-bond acceptors (Lipinski definition) is 3. The number of halogens is 1. The maximum absolute atomic E-state index is 10.8. The van der Waals surface area contributed by atoms with Gasteiger partial charge in [-0.25, -0.2) is 9.48 Å². The molecule has 0 saturated carbocycles. The van der Waals surface area contributed by atoms with Crippen LogP contribution in [0.4, 0.5) is 0 Å². The van der Waals surface area contributed by atoms with Gasteiger partial charge < -0.3 is 5.11 Å². The molecule has 0 radical (unpaired) electrons. The summed E-state index contributed by atoms with van der Waals surface area (Å²) in [6, 6.07) is 7.13. The molecule has 1 aromatic carbocycles. The van der Waals surface area contributed by atoms with Gasteiger partial charge in [0.25, 0.3) is 0 Å². The Balaban J connectivity index is 2.50. The van der Waals surface area contributed by atoms with Gasteiger partial charge in [0.05, 0.1) is 11.3 Å². The zero-order chi connectivity index (χ0) is 12.4. The molecule has 17 heavy (non-hydrogen) atoms. The summed E-state index contributed by atoms with van der Waals surface area (Å²) >= 11 is 3.29. The molecule has 0 aliphatic heterocycles. The van der Waals surface area contributed by atoms with Gasteiger partial charge in [-0.1, -0.05) is 15.9 Å². The minimum atomic E-state index is -1.22. The van der Waals surface area contributed by atoms with Crippen LogP contribution in [0.15, 0.2) is 34.9 Å². The summed E-state index contributed by atoms with van der Waals surface area (Å²) in [5, 5.41) is 12.7. The number of carbonyl (C=O) groups excluding carboxylic acids is 1. The van der Waals surface area contributed by atoms with Crippen LogP contribution in [0.25, 0.3) is 5.69 Å². The second-order valence-electron chi connectivity index (χ2n) is 3.28. The fourth-order valence-electron chi connectivity index (χ4n) is 1.37. The zero-order valence-corrected chi connectivity index (χ0v) is 10.1. The Bertz CT molecular complexity index is 575. The van der Waals surface area contributed by atoms with E-state index >= 15 is 0 Å². The second-order valence-corrected chi connectivity index (χ2v) is 4.19. The number of aromatic nitrogens is 2. The number of carboxylic acid groups (broad SMARTS) is 1. The predicted molar refractivity (Wildman–Crippen MR) is 63.6 cm³/mol. The standard InChI is InChI=1S/C11H7BrN2O3/c12-8-1-3-9(4-2-8)14-5-7(6-15)10(13-14)11(16)17/h1-6H,(H,16,17). The van der Waals surface area contributed by atoms with Gasteiger partial charge in [0, 0.05) is 10.7 Å². The minimum absolute atomic E-state index is 0.0559. The highest BCUT2D eigenvalue weighted by Gasteiger charge is 2.15. The van der Waals surface area contributed by atoms with Crippen molar-refractivity contribution in [2.24, 2.45) is 0 Å². The molecule has 6 heteroatoms. The quantitative estimate of drug-likeness (QED) is 0.881. The molecule has 0 spiro atoms. The van der Waals surface area contributed by atoms with E-state index in [4.69, 9.17) is 5.11 Å². The molecule has 2 rings (SSSR count). The number of rotatable bonds is 3. The van der Waals surface area contributed by atoms with Crippen LogP contribution in [0.2, 0.25) is 0 Å². The monoisotopic (exact) mass is 294 g/mol. The first kappa shape index (κ1) is 11.5. The van der Waals surface area contributed by atoms with Crippen LogP contribution in [0.5, 0.6) is 0 Å². The number of aromatic carboxylic acids is 1. The normalized spacial score (nSPS) is 10.2. The van der Waals surface area contributed by atoms with Gasteiger partial charge in [-0.05, 0) is 24.3 Å². The van der Waals surface area contributed by atoms with Crippen LogP contribution in [-0.2, 0) is 0 Å². The molecule has 0 amide bonds. The third-order valence-corrected chi connectivity index (χ3v) is 2.69. The molecule has 0 saturated heterocycles. The third kappa shape index (κ3) is 2.26. The average molecular weight is 295 g/mol. The molecule has 0 aliphatic rings. The molecule has 86 valence electrons. The van der Waals surface area contributed by atoms with Crippen molar-refractivity contribution < 1.29 is 14.7 Å². The van der Waals surface area contributed by atoms with E-state index in [-0.39, 0.29) is 11.3 Å². The van der Waals surface area contributed by atoms with Crippen LogP contribution in [0, 0.1) is 0 Å². The number of nitrogens with zero attached hydrogens (tertiary/aromatic N) is 2. The van der Waals surface area contributed by atoms with Gasteiger partial charge >= 0.3 is 5.97 Å². The topological polar surface area (TPSA) is 72.2 Å². The lowest BCUT2D eigenvalue weighted by atomic mass is 10.3. The number of benzene rings is 1. The molecular formula is C11H7BrN2O3. The van der Waals surface area contributed by atoms with Gasteiger partial charge in [-0.3, -0.25) is 4.79 Å². The van der Waals surface area contributed by atoms with Crippen LogP contribution < -0.4 is 0 Å². The summed E-state index contributed by atoms with van der Waals surface area (Å²) in [6.07, 6.45) is 1.87. The number of hydrogen-bond donors (Lipinski definition) is 1. The Morgan fingerprint density at radius 1 is 1.35 bits per heavy atom. The Kier molecular flexibility index (Phi) is 3.06. The van der Waals surface area contributed by atoms with Crippen molar-refractivity contribution in [1.82, 2.24) is 9.78 Å². The minimum Gasteiger partial charge on any atom is -0.476 e. The summed E-state index contributed by atoms with van der Waals surface area (Å²) in [5.74, 6) is -1.22. The Morgan fingerprint density at radius 2 is 2.00 bits per heavy atom. The fraction of sp³-hybridized carbons (Fsp3) is 0. The van der Waals surface area contributed by atoms with Crippen molar-refractivity contribution in [1.29, 1.82) is 0 Å². The Hall–Kier alpha value is -1.95. The van der Waals surface area contributed by atoms with E-state index in [1.807, 2.05) is 0 Å². The Labute approximate surface area is 105 Å². The molecule has 0 bridgehead atoms. The molecule has 1 heterocycles. The van der Waals surface area contributed by atoms with E-state index in [0.29, 0.717) is 12.0 Å². The van der Waals surface area contributed by atoms with Crippen molar-refractivity contribution in [2.75, 3.05) is 0 Å². The summed E-state index contributed by atoms with van der Waals surface area (Å²) in [6.45, 7) is 0. The van der Waals surface area contributed by atoms with Crippen molar-refractivity contribution in [3.63, 3.8) is 0 Å². The summed E-state index contributed by atoms with van der Waals surface area (Å²) < 4.78 is 2.27. The highest BCUT2D eigenvalue weighted by Crippen LogP contribution is 2.15. The van der Waals surface area contributed by atoms with E-state index < -0.39 is 5.97 Å². The van der Waals surface area contributed by atoms with Gasteiger partial charge in [-0.15, -0.1) is 0 Å². The first-order valence-corrected chi connectivity index (χ1v) is 5.45. The first-order chi connectivity index (χ1) is 8.11. The molecule has 2 aromatic rings. The molecule has 5 nitrogen and oxygen atoms in total. The van der Waals surface area contributed by atoms with Crippen LogP contribution >= 0.6 is 15.9 Å². The fourth-order valence-corrected chi connectivity index (χ4v) is 1.63. The lowest BCUT2D eigenvalue weighted by Crippen LogP contribution is -2.02. The van der Waals surface area contributed by atoms with E-state index in [0.717, 1.165) is 4.47 Å². The number of carbonyl (C=O) groups is 2. The van der Waals surface area contributed by atoms with Crippen molar-refractivity contribution in [3.05, 3.63) is 46.2 Å². The van der Waals surface area contributed by atoms with Crippen LogP contribution in [-0.4, -0.2) is 27.1 Å². The van der Waals surface area contributed by atoms with Gasteiger partial charge in [0.15, 0.2) is 12.0 Å². The highest BCUT2D eigenvalue weighted by molar-refractivity contribution is 9.10. The van der Waals surface area contributed by atoms with E-state index in [9.17, 15) is 9.59 Å². The Morgan fingerprint density at radius 3 is 2.47 bits per heavy atom. The molecular weight excluding hydrogens is 288 g/mol. The van der Waals surface area contributed by atoms with Crippen LogP contribution in [0.1, 0.15) is 20.8 Å². The predicted octanol–water partition coefficient (Wildman–Crippen LogP) is 2.15. The molecule has 1 N–H and O–H groups in total. The molecule has 0 atom stereocenters. The zero-order valence-electron chi connectivity index (χ0n) is 8.50. The van der Waals surface area contributed by atoms with Crippen molar-refractivity contribution in [2.45, 2.75) is 0 Å². The highest BCUT2D eigenvalue weighted by atomic mass is 79.9. The molecule has 1 aromatic heterocycles. The average Bonchev–Trinajstić information content (AvgIpc) is 2.74. The molecule has 0 unspecified atom stereocenters. The van der Waals surface area contributed by atoms with Crippen molar-refractivity contribution in [3.8, 4) is 5.69 Å². The van der Waals surface area contributed by atoms with E-state index in [1.54, 1.807) is 24.3 Å².